The predicted molar refractivity (Wildman–Crippen MR) is 128 cm³/mol. The summed E-state index contributed by atoms with van der Waals surface area (Å²) in [5.41, 5.74) is 2.26. The van der Waals surface area contributed by atoms with Crippen molar-refractivity contribution in [3.63, 3.8) is 0 Å². The number of halogens is 2. The summed E-state index contributed by atoms with van der Waals surface area (Å²) in [5.74, 6) is -0.942. The second-order valence-electron chi connectivity index (χ2n) is 7.46. The Labute approximate surface area is 201 Å². The van der Waals surface area contributed by atoms with Crippen LogP contribution in [0.25, 0.3) is 0 Å². The number of sulfonamides is 1. The van der Waals surface area contributed by atoms with Crippen LogP contribution in [-0.4, -0.2) is 24.1 Å². The van der Waals surface area contributed by atoms with Gasteiger partial charge in [-0.3, -0.25) is 14.2 Å². The Bertz CT molecular complexity index is 1390. The van der Waals surface area contributed by atoms with Gasteiger partial charge in [-0.05, 0) is 59.7 Å². The highest BCUT2D eigenvalue weighted by Gasteiger charge is 2.20. The van der Waals surface area contributed by atoms with E-state index in [0.717, 1.165) is 23.3 Å². The summed E-state index contributed by atoms with van der Waals surface area (Å²) in [6, 6.07) is 18.4. The molecule has 10 heteroatoms. The van der Waals surface area contributed by atoms with Crippen molar-refractivity contribution in [2.75, 3.05) is 4.72 Å². The number of hydrogen-bond donors (Lipinski definition) is 2. The normalized spacial score (nSPS) is 11.2. The first kappa shape index (κ1) is 23.5. The molecule has 1 amide bonds. The largest absolute Gasteiger partial charge is 0.348 e. The van der Waals surface area contributed by atoms with E-state index in [0.29, 0.717) is 6.54 Å². The van der Waals surface area contributed by atoms with E-state index in [-0.39, 0.29) is 27.7 Å². The molecule has 0 aliphatic heterocycles. The van der Waals surface area contributed by atoms with Crippen LogP contribution in [0.1, 0.15) is 21.5 Å². The molecule has 0 bridgehead atoms. The van der Waals surface area contributed by atoms with E-state index in [2.05, 4.69) is 15.1 Å². The minimum absolute atomic E-state index is 0.0427. The summed E-state index contributed by atoms with van der Waals surface area (Å²) in [6.45, 7) is 0.910. The molecule has 34 heavy (non-hydrogen) atoms. The summed E-state index contributed by atoms with van der Waals surface area (Å²) in [5, 5.41) is 6.91. The van der Waals surface area contributed by atoms with Crippen LogP contribution in [0.5, 0.6) is 0 Å². The van der Waals surface area contributed by atoms with Gasteiger partial charge >= 0.3 is 0 Å². The molecule has 3 aromatic carbocycles. The fourth-order valence-electron chi connectivity index (χ4n) is 3.21. The minimum atomic E-state index is -4.10. The molecule has 0 saturated carbocycles. The van der Waals surface area contributed by atoms with Gasteiger partial charge in [-0.2, -0.15) is 5.10 Å². The van der Waals surface area contributed by atoms with Crippen molar-refractivity contribution in [2.24, 2.45) is 0 Å². The fourth-order valence-corrected chi connectivity index (χ4v) is 4.79. The standard InChI is InChI=1S/C24H20ClFN4O3S/c25-22-11-6-19(14-23(22)34(32,33)29-21-9-7-20(26)8-10-21)24(31)27-15-17-2-4-18(5-3-17)16-30-13-1-12-28-30/h1-14,29H,15-16H2,(H,27,31). The predicted octanol–water partition coefficient (Wildman–Crippen LogP) is 4.45. The lowest BCUT2D eigenvalue weighted by Crippen LogP contribution is -2.23. The molecule has 1 heterocycles. The van der Waals surface area contributed by atoms with Crippen LogP contribution in [0.15, 0.2) is 90.1 Å². The van der Waals surface area contributed by atoms with E-state index in [1.807, 2.05) is 41.2 Å². The zero-order valence-electron chi connectivity index (χ0n) is 17.8. The number of nitrogens with zero attached hydrogens (tertiary/aromatic N) is 2. The molecule has 0 fully saturated rings. The van der Waals surface area contributed by atoms with E-state index in [1.54, 1.807) is 6.20 Å². The zero-order valence-corrected chi connectivity index (χ0v) is 19.4. The van der Waals surface area contributed by atoms with Crippen LogP contribution in [-0.2, 0) is 23.1 Å². The van der Waals surface area contributed by atoms with E-state index in [4.69, 9.17) is 11.6 Å². The molecular weight excluding hydrogens is 479 g/mol. The third-order valence-electron chi connectivity index (χ3n) is 4.96. The lowest BCUT2D eigenvalue weighted by molar-refractivity contribution is 0.0950. The lowest BCUT2D eigenvalue weighted by Gasteiger charge is -2.12. The Kier molecular flexibility index (Phi) is 6.95. The van der Waals surface area contributed by atoms with Gasteiger partial charge in [-0.15, -0.1) is 0 Å². The highest BCUT2D eigenvalue weighted by Crippen LogP contribution is 2.25. The van der Waals surface area contributed by atoms with E-state index >= 15 is 0 Å². The molecule has 0 aliphatic carbocycles. The number of nitrogens with one attached hydrogen (secondary N) is 2. The average molecular weight is 499 g/mol. The van der Waals surface area contributed by atoms with Crippen LogP contribution in [0.4, 0.5) is 10.1 Å². The molecular formula is C24H20ClFN4O3S. The Morgan fingerprint density at radius 2 is 1.71 bits per heavy atom. The van der Waals surface area contributed by atoms with Gasteiger partial charge < -0.3 is 5.32 Å². The number of carbonyl (C=O) groups is 1. The van der Waals surface area contributed by atoms with Crippen LogP contribution >= 0.6 is 11.6 Å². The van der Waals surface area contributed by atoms with Gasteiger partial charge in [0.05, 0.1) is 11.6 Å². The first-order valence-corrected chi connectivity index (χ1v) is 12.1. The maximum Gasteiger partial charge on any atom is 0.263 e. The second kappa shape index (κ2) is 10.1. The molecule has 0 atom stereocenters. The molecule has 7 nitrogen and oxygen atoms in total. The molecule has 174 valence electrons. The van der Waals surface area contributed by atoms with Gasteiger partial charge in [0.25, 0.3) is 15.9 Å². The number of aromatic nitrogens is 2. The highest BCUT2D eigenvalue weighted by molar-refractivity contribution is 7.92. The third-order valence-corrected chi connectivity index (χ3v) is 6.82. The van der Waals surface area contributed by atoms with Gasteiger partial charge in [-0.25, -0.2) is 12.8 Å². The molecule has 4 rings (SSSR count). The van der Waals surface area contributed by atoms with Crippen molar-refractivity contribution in [1.29, 1.82) is 0 Å². The lowest BCUT2D eigenvalue weighted by atomic mass is 10.1. The Morgan fingerprint density at radius 1 is 1.00 bits per heavy atom. The SMILES string of the molecule is O=C(NCc1ccc(Cn2cccn2)cc1)c1ccc(Cl)c(S(=O)(=O)Nc2ccc(F)cc2)c1. The first-order chi connectivity index (χ1) is 16.3. The van der Waals surface area contributed by atoms with Crippen LogP contribution < -0.4 is 10.0 Å². The van der Waals surface area contributed by atoms with Crippen LogP contribution in [0.3, 0.4) is 0 Å². The maximum atomic E-state index is 13.1. The number of amides is 1. The van der Waals surface area contributed by atoms with Crippen molar-refractivity contribution in [1.82, 2.24) is 15.1 Å². The number of hydrogen-bond acceptors (Lipinski definition) is 4. The Hall–Kier alpha value is -3.69. The Morgan fingerprint density at radius 3 is 2.38 bits per heavy atom. The van der Waals surface area contributed by atoms with Crippen molar-refractivity contribution in [3.05, 3.63) is 113 Å². The third kappa shape index (κ3) is 5.81. The molecule has 0 spiro atoms. The molecule has 2 N–H and O–H groups in total. The molecule has 4 aromatic rings. The van der Waals surface area contributed by atoms with Crippen molar-refractivity contribution < 1.29 is 17.6 Å². The van der Waals surface area contributed by atoms with Gasteiger partial charge in [0.15, 0.2) is 0 Å². The van der Waals surface area contributed by atoms with Crippen molar-refractivity contribution >= 4 is 33.2 Å². The highest BCUT2D eigenvalue weighted by atomic mass is 35.5. The van der Waals surface area contributed by atoms with Gasteiger partial charge in [-0.1, -0.05) is 35.9 Å². The summed E-state index contributed by atoms with van der Waals surface area (Å²) in [4.78, 5) is 12.4. The Balaban J connectivity index is 1.42. The summed E-state index contributed by atoms with van der Waals surface area (Å²) in [7, 11) is -4.10. The van der Waals surface area contributed by atoms with E-state index in [9.17, 15) is 17.6 Å². The average Bonchev–Trinajstić information content (AvgIpc) is 3.33. The van der Waals surface area contributed by atoms with E-state index < -0.39 is 21.7 Å². The van der Waals surface area contributed by atoms with Gasteiger partial charge in [0, 0.05) is 30.2 Å². The number of anilines is 1. The summed E-state index contributed by atoms with van der Waals surface area (Å²) in [6.07, 6.45) is 3.60. The smallest absolute Gasteiger partial charge is 0.263 e. The van der Waals surface area contributed by atoms with Crippen molar-refractivity contribution in [3.8, 4) is 0 Å². The number of carbonyl (C=O) groups excluding carboxylic acids is 1. The zero-order chi connectivity index (χ0) is 24.1. The first-order valence-electron chi connectivity index (χ1n) is 10.2. The number of rotatable bonds is 8. The fraction of sp³-hybridized carbons (Fsp3) is 0.0833. The number of benzene rings is 3. The summed E-state index contributed by atoms with van der Waals surface area (Å²) >= 11 is 6.10. The topological polar surface area (TPSA) is 93.1 Å². The van der Waals surface area contributed by atoms with Crippen LogP contribution in [0.2, 0.25) is 5.02 Å². The molecule has 0 aliphatic rings. The quantitative estimate of drug-likeness (QED) is 0.375. The minimum Gasteiger partial charge on any atom is -0.348 e. The van der Waals surface area contributed by atoms with Gasteiger partial charge in [0.1, 0.15) is 10.7 Å². The molecule has 0 saturated heterocycles. The van der Waals surface area contributed by atoms with E-state index in [1.165, 1.54) is 30.3 Å². The monoisotopic (exact) mass is 498 g/mol. The molecule has 1 aromatic heterocycles. The second-order valence-corrected chi connectivity index (χ2v) is 9.52. The summed E-state index contributed by atoms with van der Waals surface area (Å²) < 4.78 is 42.8. The maximum absolute atomic E-state index is 13.1. The molecule has 0 unspecified atom stereocenters. The van der Waals surface area contributed by atoms with Gasteiger partial charge in [0.2, 0.25) is 0 Å². The van der Waals surface area contributed by atoms with Crippen molar-refractivity contribution in [2.45, 2.75) is 18.0 Å². The van der Waals surface area contributed by atoms with Crippen LogP contribution in [0, 0.1) is 5.82 Å². The molecule has 0 radical (unpaired) electrons.